The van der Waals surface area contributed by atoms with E-state index in [2.05, 4.69) is 9.97 Å². The average molecular weight is 394 g/mol. The van der Waals surface area contributed by atoms with Crippen LogP contribution < -0.4 is 5.56 Å². The maximum Gasteiger partial charge on any atom is 0.266 e. The van der Waals surface area contributed by atoms with Crippen LogP contribution >= 0.6 is 23.2 Å². The van der Waals surface area contributed by atoms with Crippen molar-refractivity contribution in [2.75, 3.05) is 0 Å². The van der Waals surface area contributed by atoms with E-state index in [-0.39, 0.29) is 5.56 Å². The number of rotatable bonds is 3. The van der Waals surface area contributed by atoms with Crippen molar-refractivity contribution < 1.29 is 0 Å². The van der Waals surface area contributed by atoms with Crippen LogP contribution in [0.5, 0.6) is 0 Å². The summed E-state index contributed by atoms with van der Waals surface area (Å²) >= 11 is 12.7. The fraction of sp³-hybridized carbons (Fsp3) is 0. The summed E-state index contributed by atoms with van der Waals surface area (Å²) in [5, 5.41) is 1.24. The van der Waals surface area contributed by atoms with E-state index in [1.807, 2.05) is 24.3 Å². The minimum atomic E-state index is -0.235. The van der Waals surface area contributed by atoms with Gasteiger partial charge in [-0.25, -0.2) is 4.98 Å². The van der Waals surface area contributed by atoms with Crippen molar-refractivity contribution in [3.8, 4) is 5.69 Å². The predicted octanol–water partition coefficient (Wildman–Crippen LogP) is 5.26. The van der Waals surface area contributed by atoms with Gasteiger partial charge in [-0.2, -0.15) is 0 Å². The first kappa shape index (κ1) is 17.5. The minimum Gasteiger partial charge on any atom is -0.268 e. The Labute approximate surface area is 165 Å². The van der Waals surface area contributed by atoms with Crippen LogP contribution in [0.1, 0.15) is 11.4 Å². The number of fused-ring (bicyclic) bond motifs is 1. The molecule has 27 heavy (non-hydrogen) atoms. The van der Waals surface area contributed by atoms with Gasteiger partial charge in [-0.15, -0.1) is 0 Å². The Hall–Kier alpha value is -2.95. The minimum absolute atomic E-state index is 0.235. The number of hydrogen-bond acceptors (Lipinski definition) is 3. The monoisotopic (exact) mass is 393 g/mol. The second-order valence-electron chi connectivity index (χ2n) is 5.82. The van der Waals surface area contributed by atoms with Crippen LogP contribution in [0.15, 0.2) is 71.8 Å². The van der Waals surface area contributed by atoms with Gasteiger partial charge in [0.15, 0.2) is 0 Å². The molecule has 2 aromatic carbocycles. The van der Waals surface area contributed by atoms with E-state index in [0.29, 0.717) is 32.5 Å². The number of benzene rings is 2. The van der Waals surface area contributed by atoms with E-state index in [0.717, 1.165) is 5.56 Å². The number of hydrogen-bond donors (Lipinski definition) is 0. The molecule has 0 saturated heterocycles. The summed E-state index contributed by atoms with van der Waals surface area (Å²) in [7, 11) is 0. The zero-order chi connectivity index (χ0) is 18.8. The van der Waals surface area contributed by atoms with Crippen molar-refractivity contribution in [2.45, 2.75) is 0 Å². The third-order valence-corrected chi connectivity index (χ3v) is 4.68. The Kier molecular flexibility index (Phi) is 4.75. The quantitative estimate of drug-likeness (QED) is 0.476. The van der Waals surface area contributed by atoms with Gasteiger partial charge in [-0.05, 0) is 48.0 Å². The maximum atomic E-state index is 13.2. The first-order valence-electron chi connectivity index (χ1n) is 8.19. The van der Waals surface area contributed by atoms with Crippen LogP contribution in [-0.2, 0) is 0 Å². The zero-order valence-corrected chi connectivity index (χ0v) is 15.5. The lowest BCUT2D eigenvalue weighted by Crippen LogP contribution is -2.23. The highest BCUT2D eigenvalue weighted by Gasteiger charge is 2.16. The normalized spacial score (nSPS) is 11.3. The molecule has 132 valence electrons. The molecule has 0 spiro atoms. The number of aromatic nitrogens is 3. The molecule has 0 N–H and O–H groups in total. The highest BCUT2D eigenvalue weighted by Crippen LogP contribution is 2.29. The third-order valence-electron chi connectivity index (χ3n) is 4.07. The summed E-state index contributed by atoms with van der Waals surface area (Å²) in [6, 6.07) is 16.1. The predicted molar refractivity (Wildman–Crippen MR) is 111 cm³/mol. The molecular weight excluding hydrogens is 381 g/mol. The average Bonchev–Trinajstić information content (AvgIpc) is 2.69. The summed E-state index contributed by atoms with van der Waals surface area (Å²) in [6.45, 7) is 0. The summed E-state index contributed by atoms with van der Waals surface area (Å²) in [5.41, 5.74) is 1.67. The summed E-state index contributed by atoms with van der Waals surface area (Å²) < 4.78 is 1.44. The van der Waals surface area contributed by atoms with Crippen molar-refractivity contribution in [1.82, 2.24) is 14.5 Å². The Balaban J connectivity index is 2.02. The fourth-order valence-corrected chi connectivity index (χ4v) is 3.39. The number of para-hydroxylation sites is 2. The van der Waals surface area contributed by atoms with Gasteiger partial charge in [0.05, 0.1) is 26.6 Å². The van der Waals surface area contributed by atoms with Gasteiger partial charge in [0.1, 0.15) is 5.82 Å². The zero-order valence-electron chi connectivity index (χ0n) is 14.0. The van der Waals surface area contributed by atoms with Gasteiger partial charge in [-0.3, -0.25) is 14.3 Å². The molecule has 0 fully saturated rings. The highest BCUT2D eigenvalue weighted by molar-refractivity contribution is 6.37. The van der Waals surface area contributed by atoms with Crippen LogP contribution in [0.3, 0.4) is 0 Å². The van der Waals surface area contributed by atoms with Gasteiger partial charge in [-0.1, -0.05) is 47.5 Å². The molecule has 6 heteroatoms. The van der Waals surface area contributed by atoms with E-state index in [9.17, 15) is 4.79 Å². The lowest BCUT2D eigenvalue weighted by Gasteiger charge is -2.14. The van der Waals surface area contributed by atoms with E-state index < -0.39 is 0 Å². The Morgan fingerprint density at radius 3 is 2.41 bits per heavy atom. The first-order chi connectivity index (χ1) is 13.1. The molecule has 0 bridgehead atoms. The van der Waals surface area contributed by atoms with Crippen LogP contribution in [0.4, 0.5) is 0 Å². The van der Waals surface area contributed by atoms with Crippen molar-refractivity contribution in [3.05, 3.63) is 98.8 Å². The number of halogens is 2. The Morgan fingerprint density at radius 1 is 0.889 bits per heavy atom. The molecule has 0 atom stereocenters. The molecule has 2 heterocycles. The van der Waals surface area contributed by atoms with E-state index in [1.165, 1.54) is 4.57 Å². The van der Waals surface area contributed by atoms with Crippen molar-refractivity contribution >= 4 is 46.3 Å². The lowest BCUT2D eigenvalue weighted by atomic mass is 10.2. The molecule has 0 amide bonds. The smallest absolute Gasteiger partial charge is 0.266 e. The van der Waals surface area contributed by atoms with Gasteiger partial charge < -0.3 is 0 Å². The van der Waals surface area contributed by atoms with Gasteiger partial charge in [0.25, 0.3) is 5.56 Å². The molecule has 2 aromatic heterocycles. The molecule has 0 unspecified atom stereocenters. The van der Waals surface area contributed by atoms with Crippen LogP contribution in [0, 0.1) is 0 Å². The molecular formula is C21H13Cl2N3O. The van der Waals surface area contributed by atoms with Crippen molar-refractivity contribution in [3.63, 3.8) is 0 Å². The van der Waals surface area contributed by atoms with Gasteiger partial charge >= 0.3 is 0 Å². The van der Waals surface area contributed by atoms with Gasteiger partial charge in [0, 0.05) is 12.4 Å². The van der Waals surface area contributed by atoms with Crippen LogP contribution in [0.2, 0.25) is 10.0 Å². The highest BCUT2D eigenvalue weighted by atomic mass is 35.5. The van der Waals surface area contributed by atoms with Crippen LogP contribution in [-0.4, -0.2) is 14.5 Å². The lowest BCUT2D eigenvalue weighted by molar-refractivity contribution is 0.944. The first-order valence-corrected chi connectivity index (χ1v) is 8.95. The van der Waals surface area contributed by atoms with Crippen LogP contribution in [0.25, 0.3) is 28.7 Å². The molecule has 4 aromatic rings. The van der Waals surface area contributed by atoms with Crippen molar-refractivity contribution in [1.29, 1.82) is 0 Å². The molecule has 0 aliphatic carbocycles. The molecule has 4 nitrogen and oxygen atoms in total. The summed E-state index contributed by atoms with van der Waals surface area (Å²) in [5.74, 6) is 0.428. The summed E-state index contributed by atoms with van der Waals surface area (Å²) in [4.78, 5) is 22.0. The number of pyridine rings is 1. The SMILES string of the molecule is O=c1c2ccccc2nc(/C=C/c2cccnc2)n1-c1c(Cl)cccc1Cl. The molecule has 0 saturated carbocycles. The topological polar surface area (TPSA) is 47.8 Å². The molecule has 4 rings (SSSR count). The number of nitrogens with zero attached hydrogens (tertiary/aromatic N) is 3. The van der Waals surface area contributed by atoms with Gasteiger partial charge in [0.2, 0.25) is 0 Å². The third kappa shape index (κ3) is 3.37. The fourth-order valence-electron chi connectivity index (χ4n) is 2.83. The Bertz CT molecular complexity index is 1200. The Morgan fingerprint density at radius 2 is 1.67 bits per heavy atom. The van der Waals surface area contributed by atoms with E-state index >= 15 is 0 Å². The largest absolute Gasteiger partial charge is 0.268 e. The molecule has 0 aliphatic heterocycles. The standard InChI is InChI=1S/C21H13Cl2N3O/c22-16-7-3-8-17(23)20(16)26-19(11-10-14-5-4-12-24-13-14)25-18-9-2-1-6-15(18)21(26)27/h1-13H/b11-10+. The summed E-state index contributed by atoms with van der Waals surface area (Å²) in [6.07, 6.45) is 7.02. The molecule has 0 radical (unpaired) electrons. The maximum absolute atomic E-state index is 13.2. The van der Waals surface area contributed by atoms with E-state index in [4.69, 9.17) is 23.2 Å². The molecule has 0 aliphatic rings. The second-order valence-corrected chi connectivity index (χ2v) is 6.63. The van der Waals surface area contributed by atoms with E-state index in [1.54, 1.807) is 54.9 Å². The second kappa shape index (κ2) is 7.35. The van der Waals surface area contributed by atoms with Crippen molar-refractivity contribution in [2.24, 2.45) is 0 Å².